The monoisotopic (exact) mass is 127 g/mol. The molecule has 0 atom stereocenters. The van der Waals surface area contributed by atoms with E-state index in [9.17, 15) is 4.39 Å². The fourth-order valence-corrected chi connectivity index (χ4v) is 0.310. The van der Waals surface area contributed by atoms with Crippen molar-refractivity contribution >= 4 is 0 Å². The van der Waals surface area contributed by atoms with Crippen LogP contribution in [0.15, 0.2) is 36.3 Å². The minimum Gasteiger partial charge on any atom is -0.398 e. The summed E-state index contributed by atoms with van der Waals surface area (Å²) in [6.45, 7) is 8.00. The van der Waals surface area contributed by atoms with Crippen molar-refractivity contribution in [2.75, 3.05) is 0 Å². The number of nitrogens with two attached hydrogens (primary N) is 1. The molecule has 1 nitrogen and oxygen atoms in total. The van der Waals surface area contributed by atoms with E-state index in [0.717, 1.165) is 0 Å². The van der Waals surface area contributed by atoms with Gasteiger partial charge in [0, 0.05) is 11.3 Å². The van der Waals surface area contributed by atoms with Crippen molar-refractivity contribution < 1.29 is 4.39 Å². The fraction of sp³-hybridized carbons (Fsp3) is 0.143. The topological polar surface area (TPSA) is 26.0 Å². The van der Waals surface area contributed by atoms with Gasteiger partial charge in [0.2, 0.25) is 0 Å². The SMILES string of the molecule is C=C/C(N)=C(/C)C(=C)F. The second-order valence-electron chi connectivity index (χ2n) is 1.69. The van der Waals surface area contributed by atoms with E-state index >= 15 is 0 Å². The average molecular weight is 127 g/mol. The van der Waals surface area contributed by atoms with Crippen LogP contribution in [0.3, 0.4) is 0 Å². The maximum atomic E-state index is 12.2. The maximum absolute atomic E-state index is 12.2. The molecule has 0 aromatic heterocycles. The number of hydrogen-bond acceptors (Lipinski definition) is 1. The molecule has 0 aliphatic rings. The summed E-state index contributed by atoms with van der Waals surface area (Å²) < 4.78 is 12.2. The first-order valence-electron chi connectivity index (χ1n) is 2.53. The standard InChI is InChI=1S/C7H10FN/c1-4-7(9)5(2)6(3)8/h4H,1,3,9H2,2H3/b7-5+. The van der Waals surface area contributed by atoms with Gasteiger partial charge in [0.05, 0.1) is 0 Å². The van der Waals surface area contributed by atoms with Crippen LogP contribution in [0.5, 0.6) is 0 Å². The van der Waals surface area contributed by atoms with E-state index in [0.29, 0.717) is 11.3 Å². The summed E-state index contributed by atoms with van der Waals surface area (Å²) in [7, 11) is 0. The Morgan fingerprint density at radius 1 is 1.67 bits per heavy atom. The van der Waals surface area contributed by atoms with Crippen molar-refractivity contribution in [1.82, 2.24) is 0 Å². The summed E-state index contributed by atoms with van der Waals surface area (Å²) in [5.74, 6) is -0.507. The lowest BCUT2D eigenvalue weighted by atomic mass is 10.2. The lowest BCUT2D eigenvalue weighted by molar-refractivity contribution is 0.653. The predicted octanol–water partition coefficient (Wildman–Crippen LogP) is 1.89. The normalized spacial score (nSPS) is 12.2. The summed E-state index contributed by atoms with van der Waals surface area (Å²) in [4.78, 5) is 0. The second-order valence-corrected chi connectivity index (χ2v) is 1.69. The first-order chi connectivity index (χ1) is 4.09. The minimum absolute atomic E-state index is 0.336. The van der Waals surface area contributed by atoms with Gasteiger partial charge in [-0.3, -0.25) is 0 Å². The van der Waals surface area contributed by atoms with Gasteiger partial charge in [-0.25, -0.2) is 4.39 Å². The molecular formula is C7H10FN. The van der Waals surface area contributed by atoms with Crippen LogP contribution in [0, 0.1) is 0 Å². The average Bonchev–Trinajstić information content (AvgIpc) is 1.84. The molecule has 0 aliphatic heterocycles. The molecule has 0 aromatic rings. The fourth-order valence-electron chi connectivity index (χ4n) is 0.310. The van der Waals surface area contributed by atoms with Gasteiger partial charge < -0.3 is 5.73 Å². The van der Waals surface area contributed by atoms with Crippen LogP contribution >= 0.6 is 0 Å². The van der Waals surface area contributed by atoms with Gasteiger partial charge >= 0.3 is 0 Å². The van der Waals surface area contributed by atoms with Crippen molar-refractivity contribution in [3.63, 3.8) is 0 Å². The molecule has 2 N–H and O–H groups in total. The van der Waals surface area contributed by atoms with E-state index in [2.05, 4.69) is 13.2 Å². The Morgan fingerprint density at radius 3 is 2.22 bits per heavy atom. The molecule has 0 fully saturated rings. The summed E-state index contributed by atoms with van der Waals surface area (Å²) in [5.41, 5.74) is 5.97. The molecule has 0 heterocycles. The highest BCUT2D eigenvalue weighted by Gasteiger charge is 1.95. The van der Waals surface area contributed by atoms with Crippen molar-refractivity contribution in [2.45, 2.75) is 6.92 Å². The maximum Gasteiger partial charge on any atom is 0.121 e. The van der Waals surface area contributed by atoms with Gasteiger partial charge in [-0.1, -0.05) is 13.2 Å². The van der Waals surface area contributed by atoms with Crippen LogP contribution in [0.25, 0.3) is 0 Å². The Labute approximate surface area is 54.4 Å². The largest absolute Gasteiger partial charge is 0.398 e. The number of hydrogen-bond donors (Lipinski definition) is 1. The van der Waals surface area contributed by atoms with Gasteiger partial charge in [-0.2, -0.15) is 0 Å². The molecule has 0 amide bonds. The van der Waals surface area contributed by atoms with Crippen LogP contribution < -0.4 is 5.73 Å². The minimum atomic E-state index is -0.507. The van der Waals surface area contributed by atoms with Crippen LogP contribution in [-0.2, 0) is 0 Å². The zero-order valence-corrected chi connectivity index (χ0v) is 5.45. The molecule has 0 rings (SSSR count). The van der Waals surface area contributed by atoms with E-state index in [1.165, 1.54) is 6.08 Å². The molecule has 2 heteroatoms. The van der Waals surface area contributed by atoms with Crippen molar-refractivity contribution in [1.29, 1.82) is 0 Å². The van der Waals surface area contributed by atoms with Crippen LogP contribution in [0.1, 0.15) is 6.92 Å². The number of halogens is 1. The number of allylic oxidation sites excluding steroid dienone is 3. The molecule has 0 spiro atoms. The van der Waals surface area contributed by atoms with E-state index < -0.39 is 5.83 Å². The first kappa shape index (κ1) is 7.95. The Bertz CT molecular complexity index is 168. The molecule has 0 radical (unpaired) electrons. The number of rotatable bonds is 2. The van der Waals surface area contributed by atoms with Gasteiger partial charge in [0.15, 0.2) is 0 Å². The third-order valence-corrected chi connectivity index (χ3v) is 1.06. The Morgan fingerprint density at radius 2 is 2.11 bits per heavy atom. The van der Waals surface area contributed by atoms with Gasteiger partial charge in [0.1, 0.15) is 5.83 Å². The zero-order valence-electron chi connectivity index (χ0n) is 5.45. The van der Waals surface area contributed by atoms with Gasteiger partial charge in [-0.05, 0) is 13.0 Å². The lowest BCUT2D eigenvalue weighted by Gasteiger charge is -1.96. The van der Waals surface area contributed by atoms with Crippen LogP contribution in [-0.4, -0.2) is 0 Å². The predicted molar refractivity (Wildman–Crippen MR) is 37.3 cm³/mol. The van der Waals surface area contributed by atoms with E-state index in [1.54, 1.807) is 6.92 Å². The molecule has 0 saturated heterocycles. The second kappa shape index (κ2) is 3.07. The summed E-state index contributed by atoms with van der Waals surface area (Å²) in [6.07, 6.45) is 1.39. The van der Waals surface area contributed by atoms with E-state index in [-0.39, 0.29) is 0 Å². The summed E-state index contributed by atoms with van der Waals surface area (Å²) >= 11 is 0. The third kappa shape index (κ3) is 2.13. The molecule has 50 valence electrons. The molecule has 0 aliphatic carbocycles. The highest BCUT2D eigenvalue weighted by Crippen LogP contribution is 2.09. The lowest BCUT2D eigenvalue weighted by Crippen LogP contribution is -1.96. The highest BCUT2D eigenvalue weighted by atomic mass is 19.1. The van der Waals surface area contributed by atoms with Crippen molar-refractivity contribution in [2.24, 2.45) is 5.73 Å². The van der Waals surface area contributed by atoms with Crippen LogP contribution in [0.2, 0.25) is 0 Å². The Kier molecular flexibility index (Phi) is 2.71. The Balaban J connectivity index is 4.47. The Hall–Kier alpha value is -1.05. The molecule has 9 heavy (non-hydrogen) atoms. The van der Waals surface area contributed by atoms with Gasteiger partial charge in [-0.15, -0.1) is 0 Å². The van der Waals surface area contributed by atoms with E-state index in [4.69, 9.17) is 5.73 Å². The third-order valence-electron chi connectivity index (χ3n) is 1.06. The highest BCUT2D eigenvalue weighted by molar-refractivity contribution is 5.30. The molecule has 0 bridgehead atoms. The molecular weight excluding hydrogens is 117 g/mol. The molecule has 0 unspecified atom stereocenters. The van der Waals surface area contributed by atoms with Crippen molar-refractivity contribution in [3.05, 3.63) is 36.3 Å². The summed E-state index contributed by atoms with van der Waals surface area (Å²) in [5, 5.41) is 0. The summed E-state index contributed by atoms with van der Waals surface area (Å²) in [6, 6.07) is 0. The smallest absolute Gasteiger partial charge is 0.121 e. The van der Waals surface area contributed by atoms with Crippen LogP contribution in [0.4, 0.5) is 4.39 Å². The molecule has 0 aromatic carbocycles. The molecule has 0 saturated carbocycles. The first-order valence-corrected chi connectivity index (χ1v) is 2.53. The van der Waals surface area contributed by atoms with Crippen molar-refractivity contribution in [3.8, 4) is 0 Å². The quantitative estimate of drug-likeness (QED) is 0.563. The van der Waals surface area contributed by atoms with Gasteiger partial charge in [0.25, 0.3) is 0 Å². The zero-order chi connectivity index (χ0) is 7.44. The van der Waals surface area contributed by atoms with E-state index in [1.807, 2.05) is 0 Å².